The third-order valence-electron chi connectivity index (χ3n) is 11.7. The highest BCUT2D eigenvalue weighted by Gasteiger charge is 2.51. The summed E-state index contributed by atoms with van der Waals surface area (Å²) in [5, 5.41) is 29.6. The zero-order chi connectivity index (χ0) is 30.8. The second-order valence-electron chi connectivity index (χ2n) is 14.7. The summed E-state index contributed by atoms with van der Waals surface area (Å²) < 4.78 is 23.4. The molecule has 0 bridgehead atoms. The SMILES string of the molecule is CC(C)CCC[C@H](C)C1CCC2C3CC=C4C[C@@H](OP(=O)(O)OCC(O)C(C)C(O)C(C)C(=O)O)CCC4C3CCC21. The quantitative estimate of drug-likeness (QED) is 0.124. The van der Waals surface area contributed by atoms with Crippen LogP contribution in [0, 0.1) is 59.2 Å². The average molecular weight is 613 g/mol. The molecule has 0 aliphatic heterocycles. The highest BCUT2D eigenvalue weighted by atomic mass is 31.2. The number of carboxylic acids is 1. The van der Waals surface area contributed by atoms with Gasteiger partial charge in [-0.2, -0.15) is 0 Å². The van der Waals surface area contributed by atoms with Gasteiger partial charge in [0.05, 0.1) is 30.8 Å². The first kappa shape index (κ1) is 34.1. The van der Waals surface area contributed by atoms with Crippen molar-refractivity contribution >= 4 is 13.8 Å². The van der Waals surface area contributed by atoms with Gasteiger partial charge in [-0.05, 0) is 106 Å². The number of carboxylic acid groups (broad SMARTS) is 1. The smallest absolute Gasteiger partial charge is 0.472 e. The van der Waals surface area contributed by atoms with Crippen molar-refractivity contribution < 1.29 is 38.6 Å². The Hall–Kier alpha value is -0.760. The first-order chi connectivity index (χ1) is 19.8. The van der Waals surface area contributed by atoms with E-state index in [0.29, 0.717) is 18.8 Å². The summed E-state index contributed by atoms with van der Waals surface area (Å²) in [4.78, 5) is 21.5. The van der Waals surface area contributed by atoms with Crippen LogP contribution in [0.1, 0.15) is 105 Å². The molecule has 8 nitrogen and oxygen atoms in total. The Labute approximate surface area is 253 Å². The van der Waals surface area contributed by atoms with Crippen molar-refractivity contribution in [2.24, 2.45) is 59.2 Å². The fraction of sp³-hybridized carbons (Fsp3) is 0.909. The van der Waals surface area contributed by atoms with Crippen LogP contribution in [-0.4, -0.2) is 51.1 Å². The lowest BCUT2D eigenvalue weighted by Gasteiger charge is -2.50. The van der Waals surface area contributed by atoms with E-state index in [1.807, 2.05) is 0 Å². The summed E-state index contributed by atoms with van der Waals surface area (Å²) >= 11 is 0. The number of fused-ring (bicyclic) bond motifs is 5. The molecule has 4 aliphatic carbocycles. The van der Waals surface area contributed by atoms with Gasteiger partial charge in [0.25, 0.3) is 0 Å². The predicted octanol–water partition coefficient (Wildman–Crippen LogP) is 6.83. The van der Waals surface area contributed by atoms with Crippen molar-refractivity contribution in [3.05, 3.63) is 11.6 Å². The second kappa shape index (κ2) is 14.6. The number of carbonyl (C=O) groups is 1. The number of aliphatic carboxylic acids is 1. The topological polar surface area (TPSA) is 134 Å². The van der Waals surface area contributed by atoms with Crippen LogP contribution in [0.25, 0.3) is 0 Å². The monoisotopic (exact) mass is 612 g/mol. The fourth-order valence-corrected chi connectivity index (χ4v) is 10.1. The molecular formula is C33H57O8P. The van der Waals surface area contributed by atoms with Crippen LogP contribution < -0.4 is 0 Å². The molecule has 242 valence electrons. The van der Waals surface area contributed by atoms with Crippen molar-refractivity contribution in [2.45, 2.75) is 124 Å². The van der Waals surface area contributed by atoms with E-state index in [2.05, 4.69) is 26.8 Å². The van der Waals surface area contributed by atoms with Crippen LogP contribution in [0.4, 0.5) is 0 Å². The number of hydrogen-bond donors (Lipinski definition) is 4. The van der Waals surface area contributed by atoms with Crippen molar-refractivity contribution in [1.82, 2.24) is 0 Å². The summed E-state index contributed by atoms with van der Waals surface area (Å²) in [6.45, 7) is 9.47. The zero-order valence-corrected chi connectivity index (χ0v) is 27.3. The molecule has 0 saturated heterocycles. The molecule has 4 rings (SSSR count). The van der Waals surface area contributed by atoms with Crippen LogP contribution in [0.3, 0.4) is 0 Å². The van der Waals surface area contributed by atoms with Crippen LogP contribution in [0.15, 0.2) is 11.6 Å². The Balaban J connectivity index is 1.27. The lowest BCUT2D eigenvalue weighted by Crippen LogP contribution is -2.42. The zero-order valence-electron chi connectivity index (χ0n) is 26.4. The lowest BCUT2D eigenvalue weighted by atomic mass is 9.56. The molecule has 13 atom stereocenters. The number of phosphoric acid groups is 1. The molecule has 0 aromatic rings. The summed E-state index contributed by atoms with van der Waals surface area (Å²) in [5.41, 5.74) is 1.38. The van der Waals surface area contributed by atoms with Crippen LogP contribution in [0.5, 0.6) is 0 Å². The maximum atomic E-state index is 12.7. The molecular weight excluding hydrogens is 555 g/mol. The summed E-state index contributed by atoms with van der Waals surface area (Å²) in [6.07, 6.45) is 12.3. The fourth-order valence-electron chi connectivity index (χ4n) is 9.16. The van der Waals surface area contributed by atoms with E-state index >= 15 is 0 Å². The third-order valence-corrected chi connectivity index (χ3v) is 12.7. The molecule has 4 N–H and O–H groups in total. The van der Waals surface area contributed by atoms with E-state index in [1.165, 1.54) is 64.4 Å². The van der Waals surface area contributed by atoms with Gasteiger partial charge in [-0.25, -0.2) is 4.57 Å². The van der Waals surface area contributed by atoms with Gasteiger partial charge >= 0.3 is 13.8 Å². The van der Waals surface area contributed by atoms with E-state index in [4.69, 9.17) is 14.2 Å². The van der Waals surface area contributed by atoms with Crippen molar-refractivity contribution in [3.8, 4) is 0 Å². The molecule has 0 amide bonds. The van der Waals surface area contributed by atoms with Gasteiger partial charge in [0, 0.05) is 5.92 Å². The molecule has 42 heavy (non-hydrogen) atoms. The Bertz CT molecular complexity index is 983. The molecule has 11 unspecified atom stereocenters. The minimum atomic E-state index is -4.43. The molecule has 0 radical (unpaired) electrons. The Kier molecular flexibility index (Phi) is 11.8. The molecule has 4 aliphatic rings. The van der Waals surface area contributed by atoms with Gasteiger partial charge in [-0.1, -0.05) is 58.6 Å². The van der Waals surface area contributed by atoms with Crippen LogP contribution >= 0.6 is 7.82 Å². The largest absolute Gasteiger partial charge is 0.481 e. The molecule has 0 heterocycles. The van der Waals surface area contributed by atoms with E-state index in [0.717, 1.165) is 54.3 Å². The van der Waals surface area contributed by atoms with Crippen LogP contribution in [0.2, 0.25) is 0 Å². The first-order valence-electron chi connectivity index (χ1n) is 16.7. The number of allylic oxidation sites excluding steroid dienone is 1. The molecule has 3 fully saturated rings. The van der Waals surface area contributed by atoms with Gasteiger partial charge in [-0.3, -0.25) is 13.8 Å². The highest BCUT2D eigenvalue weighted by molar-refractivity contribution is 7.47. The number of hydrogen-bond acceptors (Lipinski definition) is 6. The third kappa shape index (κ3) is 8.09. The van der Waals surface area contributed by atoms with E-state index in [1.54, 1.807) is 0 Å². The lowest BCUT2D eigenvalue weighted by molar-refractivity contribution is -0.147. The van der Waals surface area contributed by atoms with E-state index in [-0.39, 0.29) is 0 Å². The maximum Gasteiger partial charge on any atom is 0.472 e. The minimum Gasteiger partial charge on any atom is -0.481 e. The van der Waals surface area contributed by atoms with Crippen LogP contribution in [-0.2, 0) is 18.4 Å². The first-order valence-corrected chi connectivity index (χ1v) is 18.2. The summed E-state index contributed by atoms with van der Waals surface area (Å²) in [5.74, 6) is 3.17. The summed E-state index contributed by atoms with van der Waals surface area (Å²) in [7, 11) is -4.43. The number of rotatable bonds is 14. The second-order valence-corrected chi connectivity index (χ2v) is 16.1. The Morgan fingerprint density at radius 2 is 1.64 bits per heavy atom. The molecule has 3 saturated carbocycles. The van der Waals surface area contributed by atoms with Crippen molar-refractivity contribution in [3.63, 3.8) is 0 Å². The van der Waals surface area contributed by atoms with E-state index < -0.39 is 50.5 Å². The Morgan fingerprint density at radius 3 is 2.33 bits per heavy atom. The van der Waals surface area contributed by atoms with Gasteiger partial charge in [-0.15, -0.1) is 0 Å². The molecule has 0 aromatic heterocycles. The van der Waals surface area contributed by atoms with Gasteiger partial charge in [0.1, 0.15) is 0 Å². The minimum absolute atomic E-state index is 0.411. The average Bonchev–Trinajstić information content (AvgIpc) is 3.38. The molecule has 9 heteroatoms. The number of phosphoric ester groups is 1. The van der Waals surface area contributed by atoms with Crippen molar-refractivity contribution in [1.29, 1.82) is 0 Å². The van der Waals surface area contributed by atoms with Gasteiger partial charge < -0.3 is 20.2 Å². The van der Waals surface area contributed by atoms with Crippen molar-refractivity contribution in [2.75, 3.05) is 6.61 Å². The normalized spacial score (nSPS) is 36.0. The number of aliphatic hydroxyl groups excluding tert-OH is 2. The molecule has 0 spiro atoms. The molecule has 0 aromatic carbocycles. The highest BCUT2D eigenvalue weighted by Crippen LogP contribution is 2.59. The predicted molar refractivity (Wildman–Crippen MR) is 162 cm³/mol. The maximum absolute atomic E-state index is 12.7. The standard InChI is InChI=1S/C33H57O8P/c1-19(2)7-6-8-20(3)25-13-14-30-27(25)15-16-28-26-12-10-24(17-23(26)9-11-29(28)30)41-42(38,39)40-18-31(34)21(4)32(35)22(5)33(36)37/h9,19-22,24-32,34-35H,6-8,10-18H2,1-5H3,(H,36,37)(H,38,39)/t20-,21?,22?,24-,25?,26?,27?,28?,29?,30?,31?,32?/m0/s1. The summed E-state index contributed by atoms with van der Waals surface area (Å²) in [6, 6.07) is 0. The van der Waals surface area contributed by atoms with Gasteiger partial charge in [0.15, 0.2) is 0 Å². The van der Waals surface area contributed by atoms with Gasteiger partial charge in [0.2, 0.25) is 0 Å². The van der Waals surface area contributed by atoms with E-state index in [9.17, 15) is 24.5 Å². The number of aliphatic hydroxyl groups is 2. The Morgan fingerprint density at radius 1 is 0.952 bits per heavy atom.